The summed E-state index contributed by atoms with van der Waals surface area (Å²) in [6.07, 6.45) is 2.25. The van der Waals surface area contributed by atoms with Crippen LogP contribution >= 0.6 is 11.6 Å². The van der Waals surface area contributed by atoms with E-state index in [9.17, 15) is 0 Å². The summed E-state index contributed by atoms with van der Waals surface area (Å²) in [6.45, 7) is 4.26. The molecule has 3 nitrogen and oxygen atoms in total. The standard InChI is InChI=1S/C10H16ClN3/c1-3-4-7(2)13-10-6-8(12)5-9(11)14-10/h5-7H,3-4H2,1-2H3,(H3,12,13,14). The van der Waals surface area contributed by atoms with E-state index in [1.54, 1.807) is 12.1 Å². The second-order valence-electron chi connectivity index (χ2n) is 3.44. The largest absolute Gasteiger partial charge is 0.399 e. The molecule has 0 saturated carbocycles. The molecule has 0 spiro atoms. The van der Waals surface area contributed by atoms with Crippen LogP contribution in [0, 0.1) is 0 Å². The molecule has 1 heterocycles. The van der Waals surface area contributed by atoms with Gasteiger partial charge in [0.05, 0.1) is 0 Å². The number of anilines is 2. The van der Waals surface area contributed by atoms with Crippen LogP contribution in [0.1, 0.15) is 26.7 Å². The van der Waals surface area contributed by atoms with E-state index in [4.69, 9.17) is 17.3 Å². The number of aromatic nitrogens is 1. The molecule has 1 aromatic heterocycles. The van der Waals surface area contributed by atoms with Crippen molar-refractivity contribution < 1.29 is 0 Å². The quantitative estimate of drug-likeness (QED) is 0.757. The number of nitrogen functional groups attached to an aromatic ring is 1. The first-order valence-electron chi connectivity index (χ1n) is 4.81. The maximum absolute atomic E-state index is 5.78. The van der Waals surface area contributed by atoms with Crippen LogP contribution in [0.3, 0.4) is 0 Å². The van der Waals surface area contributed by atoms with Gasteiger partial charge in [-0.15, -0.1) is 0 Å². The molecule has 0 bridgehead atoms. The van der Waals surface area contributed by atoms with Crippen LogP contribution in [-0.2, 0) is 0 Å². The minimum atomic E-state index is 0.394. The van der Waals surface area contributed by atoms with Crippen molar-refractivity contribution in [2.24, 2.45) is 0 Å². The Balaban J connectivity index is 2.66. The minimum Gasteiger partial charge on any atom is -0.399 e. The Morgan fingerprint density at radius 2 is 2.29 bits per heavy atom. The number of hydrogen-bond donors (Lipinski definition) is 2. The van der Waals surface area contributed by atoms with E-state index in [1.165, 1.54) is 0 Å². The van der Waals surface area contributed by atoms with Gasteiger partial charge in [-0.05, 0) is 19.4 Å². The molecule has 0 aliphatic heterocycles. The summed E-state index contributed by atoms with van der Waals surface area (Å²) < 4.78 is 0. The van der Waals surface area contributed by atoms with E-state index in [0.717, 1.165) is 18.7 Å². The summed E-state index contributed by atoms with van der Waals surface area (Å²) in [4.78, 5) is 4.13. The highest BCUT2D eigenvalue weighted by Crippen LogP contribution is 2.17. The van der Waals surface area contributed by atoms with Crippen LogP contribution in [0.2, 0.25) is 5.15 Å². The number of pyridine rings is 1. The van der Waals surface area contributed by atoms with Gasteiger partial charge in [0, 0.05) is 17.8 Å². The summed E-state index contributed by atoms with van der Waals surface area (Å²) in [5.41, 5.74) is 6.28. The van der Waals surface area contributed by atoms with Crippen molar-refractivity contribution in [1.82, 2.24) is 4.98 Å². The summed E-state index contributed by atoms with van der Waals surface area (Å²) in [6, 6.07) is 3.82. The fourth-order valence-corrected chi connectivity index (χ4v) is 1.57. The first-order valence-corrected chi connectivity index (χ1v) is 5.19. The Morgan fingerprint density at radius 1 is 1.57 bits per heavy atom. The zero-order valence-corrected chi connectivity index (χ0v) is 9.30. The van der Waals surface area contributed by atoms with Gasteiger partial charge in [-0.1, -0.05) is 24.9 Å². The normalized spacial score (nSPS) is 12.5. The molecule has 0 saturated heterocycles. The number of nitrogens with one attached hydrogen (secondary N) is 1. The fourth-order valence-electron chi connectivity index (χ4n) is 1.35. The molecule has 0 aliphatic carbocycles. The second-order valence-corrected chi connectivity index (χ2v) is 3.83. The number of nitrogens with two attached hydrogens (primary N) is 1. The maximum atomic E-state index is 5.78. The molecule has 78 valence electrons. The van der Waals surface area contributed by atoms with Crippen LogP contribution in [0.25, 0.3) is 0 Å². The van der Waals surface area contributed by atoms with Gasteiger partial charge in [-0.25, -0.2) is 4.98 Å². The Kier molecular flexibility index (Phi) is 4.01. The molecule has 0 aliphatic rings. The molecule has 1 rings (SSSR count). The average molecular weight is 214 g/mol. The molecule has 3 N–H and O–H groups in total. The van der Waals surface area contributed by atoms with Crippen molar-refractivity contribution in [2.45, 2.75) is 32.7 Å². The highest BCUT2D eigenvalue weighted by molar-refractivity contribution is 6.29. The fraction of sp³-hybridized carbons (Fsp3) is 0.500. The Morgan fingerprint density at radius 3 is 2.86 bits per heavy atom. The number of halogens is 1. The average Bonchev–Trinajstić information content (AvgIpc) is 2.01. The lowest BCUT2D eigenvalue weighted by atomic mass is 10.2. The van der Waals surface area contributed by atoms with Crippen molar-refractivity contribution in [3.63, 3.8) is 0 Å². The lowest BCUT2D eigenvalue weighted by Crippen LogP contribution is -2.15. The molecule has 1 atom stereocenters. The summed E-state index contributed by atoms with van der Waals surface area (Å²) in [5.74, 6) is 0.746. The Bertz CT molecular complexity index is 281. The van der Waals surface area contributed by atoms with E-state index >= 15 is 0 Å². The van der Waals surface area contributed by atoms with Gasteiger partial charge in [0.1, 0.15) is 11.0 Å². The van der Waals surface area contributed by atoms with Gasteiger partial charge in [-0.2, -0.15) is 0 Å². The lowest BCUT2D eigenvalue weighted by molar-refractivity contribution is 0.687. The van der Waals surface area contributed by atoms with E-state index in [0.29, 0.717) is 16.9 Å². The molecule has 1 aromatic rings. The van der Waals surface area contributed by atoms with E-state index in [2.05, 4.69) is 24.1 Å². The zero-order chi connectivity index (χ0) is 10.6. The van der Waals surface area contributed by atoms with Gasteiger partial charge in [0.2, 0.25) is 0 Å². The van der Waals surface area contributed by atoms with Crippen LogP contribution in [0.5, 0.6) is 0 Å². The van der Waals surface area contributed by atoms with E-state index in [-0.39, 0.29) is 0 Å². The van der Waals surface area contributed by atoms with E-state index in [1.807, 2.05) is 0 Å². The summed E-state index contributed by atoms with van der Waals surface area (Å²) in [7, 11) is 0. The zero-order valence-electron chi connectivity index (χ0n) is 8.55. The Labute approximate surface area is 89.7 Å². The molecule has 0 fully saturated rings. The third kappa shape index (κ3) is 3.42. The molecular weight excluding hydrogens is 198 g/mol. The van der Waals surface area contributed by atoms with Crippen LogP contribution < -0.4 is 11.1 Å². The summed E-state index contributed by atoms with van der Waals surface area (Å²) >= 11 is 5.78. The van der Waals surface area contributed by atoms with Gasteiger partial charge >= 0.3 is 0 Å². The van der Waals surface area contributed by atoms with Crippen LogP contribution in [0.4, 0.5) is 11.5 Å². The van der Waals surface area contributed by atoms with Gasteiger partial charge in [0.25, 0.3) is 0 Å². The maximum Gasteiger partial charge on any atom is 0.133 e. The van der Waals surface area contributed by atoms with E-state index < -0.39 is 0 Å². The van der Waals surface area contributed by atoms with Crippen LogP contribution in [-0.4, -0.2) is 11.0 Å². The number of nitrogens with zero attached hydrogens (tertiary/aromatic N) is 1. The summed E-state index contributed by atoms with van der Waals surface area (Å²) in [5, 5.41) is 3.68. The molecule has 0 aromatic carbocycles. The van der Waals surface area contributed by atoms with Crippen molar-refractivity contribution in [2.75, 3.05) is 11.1 Å². The number of rotatable bonds is 4. The lowest BCUT2D eigenvalue weighted by Gasteiger charge is -2.13. The van der Waals surface area contributed by atoms with Crippen molar-refractivity contribution in [1.29, 1.82) is 0 Å². The number of hydrogen-bond acceptors (Lipinski definition) is 3. The van der Waals surface area contributed by atoms with Crippen molar-refractivity contribution in [3.05, 3.63) is 17.3 Å². The van der Waals surface area contributed by atoms with Gasteiger partial charge in [0.15, 0.2) is 0 Å². The van der Waals surface area contributed by atoms with Crippen molar-refractivity contribution in [3.8, 4) is 0 Å². The molecular formula is C10H16ClN3. The Hall–Kier alpha value is -0.960. The van der Waals surface area contributed by atoms with Gasteiger partial charge in [-0.3, -0.25) is 0 Å². The molecule has 4 heteroatoms. The third-order valence-corrected chi connectivity index (χ3v) is 2.13. The SMILES string of the molecule is CCCC(C)Nc1cc(N)cc(Cl)n1. The predicted molar refractivity (Wildman–Crippen MR) is 61.7 cm³/mol. The molecule has 0 radical (unpaired) electrons. The predicted octanol–water partition coefficient (Wildman–Crippen LogP) is 2.92. The third-order valence-electron chi connectivity index (χ3n) is 1.93. The molecule has 1 unspecified atom stereocenters. The van der Waals surface area contributed by atoms with Crippen LogP contribution in [0.15, 0.2) is 12.1 Å². The monoisotopic (exact) mass is 213 g/mol. The van der Waals surface area contributed by atoms with Crippen molar-refractivity contribution >= 4 is 23.1 Å². The highest BCUT2D eigenvalue weighted by atomic mass is 35.5. The smallest absolute Gasteiger partial charge is 0.133 e. The second kappa shape index (κ2) is 5.05. The molecule has 14 heavy (non-hydrogen) atoms. The molecule has 0 amide bonds. The highest BCUT2D eigenvalue weighted by Gasteiger charge is 2.03. The first kappa shape index (κ1) is 11.1. The van der Waals surface area contributed by atoms with Gasteiger partial charge < -0.3 is 11.1 Å². The topological polar surface area (TPSA) is 50.9 Å². The minimum absolute atomic E-state index is 0.394. The first-order chi connectivity index (χ1) is 6.61.